The summed E-state index contributed by atoms with van der Waals surface area (Å²) in [7, 11) is 3.22. The molecule has 1 saturated carbocycles. The van der Waals surface area contributed by atoms with Gasteiger partial charge in [0, 0.05) is 37.9 Å². The molecule has 1 aromatic carbocycles. The van der Waals surface area contributed by atoms with Crippen molar-refractivity contribution in [3.63, 3.8) is 0 Å². The molecule has 0 saturated heterocycles. The fourth-order valence-corrected chi connectivity index (χ4v) is 3.70. The number of nitrogens with zero attached hydrogens (tertiary/aromatic N) is 2. The van der Waals surface area contributed by atoms with Crippen molar-refractivity contribution in [1.82, 2.24) is 14.5 Å². The lowest BCUT2D eigenvalue weighted by atomic mass is 9.87. The predicted molar refractivity (Wildman–Crippen MR) is 95.1 cm³/mol. The van der Waals surface area contributed by atoms with E-state index in [4.69, 9.17) is 0 Å². The average Bonchev–Trinajstić information content (AvgIpc) is 3.05. The van der Waals surface area contributed by atoms with Gasteiger partial charge in [-0.25, -0.2) is 4.79 Å². The third-order valence-electron chi connectivity index (χ3n) is 5.26. The van der Waals surface area contributed by atoms with Crippen molar-refractivity contribution < 1.29 is 0 Å². The third-order valence-corrected chi connectivity index (χ3v) is 5.26. The Morgan fingerprint density at radius 1 is 1.08 bits per heavy atom. The van der Waals surface area contributed by atoms with Crippen LogP contribution in [0, 0.1) is 6.92 Å². The van der Waals surface area contributed by atoms with Crippen LogP contribution in [-0.2, 0) is 26.2 Å². The molecule has 2 aromatic rings. The topological polar surface area (TPSA) is 56.0 Å². The van der Waals surface area contributed by atoms with Gasteiger partial charge in [0.2, 0.25) is 0 Å². The Morgan fingerprint density at radius 2 is 1.79 bits per heavy atom. The van der Waals surface area contributed by atoms with Gasteiger partial charge in [-0.05, 0) is 25.3 Å². The summed E-state index contributed by atoms with van der Waals surface area (Å²) in [6.07, 6.45) is 4.54. The second-order valence-electron chi connectivity index (χ2n) is 6.89. The maximum atomic E-state index is 12.1. The first-order valence-electron chi connectivity index (χ1n) is 8.51. The summed E-state index contributed by atoms with van der Waals surface area (Å²) in [6, 6.07) is 10.2. The smallest absolute Gasteiger partial charge is 0.302 e. The van der Waals surface area contributed by atoms with Crippen LogP contribution < -0.4 is 16.6 Å². The molecule has 3 rings (SSSR count). The van der Waals surface area contributed by atoms with Gasteiger partial charge >= 0.3 is 5.69 Å². The van der Waals surface area contributed by atoms with Crippen molar-refractivity contribution in [2.24, 2.45) is 14.1 Å². The van der Waals surface area contributed by atoms with Gasteiger partial charge in [-0.1, -0.05) is 42.7 Å². The van der Waals surface area contributed by atoms with E-state index < -0.39 is 0 Å². The second-order valence-corrected chi connectivity index (χ2v) is 6.89. The van der Waals surface area contributed by atoms with Gasteiger partial charge in [0.25, 0.3) is 5.56 Å². The Balaban J connectivity index is 1.91. The first kappa shape index (κ1) is 16.7. The molecule has 1 heterocycles. The van der Waals surface area contributed by atoms with Crippen LogP contribution in [0.4, 0.5) is 0 Å². The Morgan fingerprint density at radius 3 is 2.46 bits per heavy atom. The molecule has 5 heteroatoms. The van der Waals surface area contributed by atoms with Crippen LogP contribution in [-0.4, -0.2) is 9.13 Å². The van der Waals surface area contributed by atoms with Gasteiger partial charge in [0.05, 0.1) is 0 Å². The zero-order chi connectivity index (χ0) is 17.3. The Labute approximate surface area is 141 Å². The Bertz CT molecular complexity index is 858. The van der Waals surface area contributed by atoms with Crippen molar-refractivity contribution in [2.45, 2.75) is 44.7 Å². The van der Waals surface area contributed by atoms with E-state index in [1.54, 1.807) is 17.7 Å². The largest absolute Gasteiger partial charge is 0.330 e. The lowest BCUT2D eigenvalue weighted by Gasteiger charge is -2.32. The van der Waals surface area contributed by atoms with E-state index in [2.05, 4.69) is 36.5 Å². The van der Waals surface area contributed by atoms with Crippen LogP contribution >= 0.6 is 0 Å². The maximum Gasteiger partial charge on any atom is 0.330 e. The van der Waals surface area contributed by atoms with Gasteiger partial charge in [-0.3, -0.25) is 13.9 Å². The molecule has 24 heavy (non-hydrogen) atoms. The number of hydrogen-bond acceptors (Lipinski definition) is 3. The molecule has 1 N–H and O–H groups in total. The highest BCUT2D eigenvalue weighted by Gasteiger charge is 2.35. The van der Waals surface area contributed by atoms with Gasteiger partial charge in [-0.2, -0.15) is 0 Å². The van der Waals surface area contributed by atoms with Crippen LogP contribution in [0.5, 0.6) is 0 Å². The first-order chi connectivity index (χ1) is 11.4. The molecule has 1 aliphatic carbocycles. The molecule has 0 unspecified atom stereocenters. The number of aromatic nitrogens is 2. The van der Waals surface area contributed by atoms with Crippen molar-refractivity contribution >= 4 is 0 Å². The summed E-state index contributed by atoms with van der Waals surface area (Å²) in [5, 5.41) is 3.66. The molecular formula is C19H25N3O2. The van der Waals surface area contributed by atoms with Gasteiger partial charge in [0.1, 0.15) is 0 Å². The van der Waals surface area contributed by atoms with Crippen molar-refractivity contribution in [2.75, 3.05) is 0 Å². The summed E-state index contributed by atoms with van der Waals surface area (Å²) in [6.45, 7) is 2.62. The Hall–Kier alpha value is -2.14. The number of aryl methyl sites for hydroxylation is 1. The van der Waals surface area contributed by atoms with E-state index in [0.717, 1.165) is 23.1 Å². The third kappa shape index (κ3) is 2.96. The number of nitrogens with one attached hydrogen (secondary N) is 1. The van der Waals surface area contributed by atoms with E-state index in [0.29, 0.717) is 6.54 Å². The van der Waals surface area contributed by atoms with Crippen LogP contribution in [0.3, 0.4) is 0 Å². The Kier molecular flexibility index (Phi) is 4.45. The number of hydrogen-bond donors (Lipinski definition) is 1. The van der Waals surface area contributed by atoms with Crippen molar-refractivity contribution in [3.8, 4) is 0 Å². The van der Waals surface area contributed by atoms with Crippen molar-refractivity contribution in [1.29, 1.82) is 0 Å². The standard InChI is InChI=1S/C19H25N3O2/c1-14-7-6-8-15(11-14)19(9-4-5-10-19)20-13-16-12-17(23)22(3)18(24)21(16)2/h6-8,11-12,20H,4-5,9-10,13H2,1-3H3. The van der Waals surface area contributed by atoms with Crippen LogP contribution in [0.25, 0.3) is 0 Å². The van der Waals surface area contributed by atoms with Crippen LogP contribution in [0.1, 0.15) is 42.5 Å². The molecule has 0 aliphatic heterocycles. The van der Waals surface area contributed by atoms with Gasteiger partial charge < -0.3 is 5.32 Å². The summed E-state index contributed by atoms with van der Waals surface area (Å²) >= 11 is 0. The molecule has 0 spiro atoms. The normalized spacial score (nSPS) is 16.5. The van der Waals surface area contributed by atoms with Crippen molar-refractivity contribution in [3.05, 3.63) is 68.0 Å². The minimum atomic E-state index is -0.282. The predicted octanol–water partition coefficient (Wildman–Crippen LogP) is 1.95. The minimum absolute atomic E-state index is 0.0663. The van der Waals surface area contributed by atoms with E-state index in [1.807, 2.05) is 0 Å². The monoisotopic (exact) mass is 327 g/mol. The minimum Gasteiger partial charge on any atom is -0.302 e. The average molecular weight is 327 g/mol. The summed E-state index contributed by atoms with van der Waals surface area (Å²) in [5.41, 5.74) is 2.67. The van der Waals surface area contributed by atoms with E-state index in [1.165, 1.54) is 31.0 Å². The van der Waals surface area contributed by atoms with Gasteiger partial charge in [-0.15, -0.1) is 0 Å². The van der Waals surface area contributed by atoms with Crippen LogP contribution in [0.2, 0.25) is 0 Å². The summed E-state index contributed by atoms with van der Waals surface area (Å²) < 4.78 is 2.68. The van der Waals surface area contributed by atoms with E-state index >= 15 is 0 Å². The highest BCUT2D eigenvalue weighted by atomic mass is 16.2. The second kappa shape index (κ2) is 6.40. The molecule has 1 aromatic heterocycles. The zero-order valence-electron chi connectivity index (χ0n) is 14.6. The summed E-state index contributed by atoms with van der Waals surface area (Å²) in [5.74, 6) is 0. The molecular weight excluding hydrogens is 302 g/mol. The van der Waals surface area contributed by atoms with E-state index in [-0.39, 0.29) is 16.8 Å². The van der Waals surface area contributed by atoms with E-state index in [9.17, 15) is 9.59 Å². The lowest BCUT2D eigenvalue weighted by Crippen LogP contribution is -2.43. The highest BCUT2D eigenvalue weighted by molar-refractivity contribution is 5.30. The van der Waals surface area contributed by atoms with Gasteiger partial charge in [0.15, 0.2) is 0 Å². The quantitative estimate of drug-likeness (QED) is 0.934. The fraction of sp³-hybridized carbons (Fsp3) is 0.474. The highest BCUT2D eigenvalue weighted by Crippen LogP contribution is 2.39. The SMILES string of the molecule is Cc1cccc(C2(NCc3cc(=O)n(C)c(=O)n3C)CCCC2)c1. The maximum absolute atomic E-state index is 12.1. The molecule has 128 valence electrons. The molecule has 5 nitrogen and oxygen atoms in total. The number of rotatable bonds is 4. The molecule has 0 bridgehead atoms. The zero-order valence-corrected chi connectivity index (χ0v) is 14.6. The first-order valence-corrected chi connectivity index (χ1v) is 8.51. The fourth-order valence-electron chi connectivity index (χ4n) is 3.70. The summed E-state index contributed by atoms with van der Waals surface area (Å²) in [4.78, 5) is 24.0. The molecule has 0 radical (unpaired) electrons. The van der Waals surface area contributed by atoms with Crippen LogP contribution in [0.15, 0.2) is 39.9 Å². The molecule has 1 fully saturated rings. The number of benzene rings is 1. The molecule has 1 aliphatic rings. The lowest BCUT2D eigenvalue weighted by molar-refractivity contribution is 0.333. The molecule has 0 amide bonds. The molecule has 0 atom stereocenters.